The zero-order valence-electron chi connectivity index (χ0n) is 25.4. The van der Waals surface area contributed by atoms with Gasteiger partial charge in [0, 0.05) is 18.5 Å². The van der Waals surface area contributed by atoms with Crippen LogP contribution in [0.15, 0.2) is 60.9 Å². The van der Waals surface area contributed by atoms with E-state index in [-0.39, 0.29) is 28.6 Å². The summed E-state index contributed by atoms with van der Waals surface area (Å²) in [5.74, 6) is -6.09. The first-order valence-corrected chi connectivity index (χ1v) is 14.6. The van der Waals surface area contributed by atoms with Crippen molar-refractivity contribution in [2.75, 3.05) is 13.7 Å². The van der Waals surface area contributed by atoms with E-state index in [9.17, 15) is 24.0 Å². The van der Waals surface area contributed by atoms with Gasteiger partial charge in [0.25, 0.3) is 5.91 Å². The molecule has 1 N–H and O–H groups in total. The average molecular weight is 654 g/mol. The Kier molecular flexibility index (Phi) is 11.3. The van der Waals surface area contributed by atoms with Gasteiger partial charge in [0.1, 0.15) is 23.8 Å². The van der Waals surface area contributed by atoms with Crippen molar-refractivity contribution in [1.82, 2.24) is 15.3 Å². The topological polar surface area (TPSA) is 169 Å². The molecule has 13 nitrogen and oxygen atoms in total. The van der Waals surface area contributed by atoms with E-state index >= 15 is 0 Å². The van der Waals surface area contributed by atoms with Gasteiger partial charge in [-0.2, -0.15) is 0 Å². The van der Waals surface area contributed by atoms with E-state index in [4.69, 9.17) is 35.3 Å². The van der Waals surface area contributed by atoms with Crippen molar-refractivity contribution in [2.45, 2.75) is 45.4 Å². The number of carbonyl (C=O) groups is 5. The number of nitrogens with zero attached hydrogens (tertiary/aromatic N) is 2. The minimum absolute atomic E-state index is 0.00990. The molecule has 3 heterocycles. The van der Waals surface area contributed by atoms with Gasteiger partial charge in [-0.05, 0) is 31.0 Å². The molecule has 1 aliphatic rings. The summed E-state index contributed by atoms with van der Waals surface area (Å²) < 4.78 is 27.5. The van der Waals surface area contributed by atoms with Crippen molar-refractivity contribution in [3.63, 3.8) is 0 Å². The molecule has 0 radical (unpaired) electrons. The molecule has 1 amide bonds. The number of hydrogen-bond donors (Lipinski definition) is 1. The Morgan fingerprint density at radius 1 is 1.04 bits per heavy atom. The van der Waals surface area contributed by atoms with Crippen molar-refractivity contribution in [3.05, 3.63) is 82.9 Å². The quantitative estimate of drug-likeness (QED) is 0.203. The number of pyridine rings is 2. The lowest BCUT2D eigenvalue weighted by molar-refractivity contribution is -0.176. The molecule has 1 aromatic carbocycles. The summed E-state index contributed by atoms with van der Waals surface area (Å²) in [6.45, 7) is 4.14. The van der Waals surface area contributed by atoms with Crippen LogP contribution in [0, 0.1) is 11.8 Å². The van der Waals surface area contributed by atoms with Crippen molar-refractivity contribution < 1.29 is 47.7 Å². The Morgan fingerprint density at radius 2 is 1.76 bits per heavy atom. The van der Waals surface area contributed by atoms with Crippen LogP contribution in [0.4, 0.5) is 0 Å². The highest BCUT2D eigenvalue weighted by molar-refractivity contribution is 6.29. The smallest absolute Gasteiger partial charge is 0.343 e. The lowest BCUT2D eigenvalue weighted by atomic mass is 9.91. The van der Waals surface area contributed by atoms with Crippen LogP contribution in [0.3, 0.4) is 0 Å². The van der Waals surface area contributed by atoms with Gasteiger partial charge in [0.15, 0.2) is 23.6 Å². The SMILES string of the molecule is COc1ccnc(C(=O)NC2COC(=O)[C@H](Cc3ccccc3)C(OC(=O)C(C)C)[C@H](C)OC2=O)c1OC(=O)c1ccnc(Cl)c1. The number of hydrogen-bond acceptors (Lipinski definition) is 12. The van der Waals surface area contributed by atoms with Gasteiger partial charge in [-0.15, -0.1) is 0 Å². The first-order chi connectivity index (χ1) is 22.0. The van der Waals surface area contributed by atoms with Crippen LogP contribution < -0.4 is 14.8 Å². The van der Waals surface area contributed by atoms with Crippen LogP contribution in [0.25, 0.3) is 0 Å². The van der Waals surface area contributed by atoms with E-state index in [1.165, 1.54) is 44.6 Å². The molecule has 2 unspecified atom stereocenters. The van der Waals surface area contributed by atoms with Gasteiger partial charge in [0.2, 0.25) is 5.75 Å². The Morgan fingerprint density at radius 3 is 2.43 bits per heavy atom. The van der Waals surface area contributed by atoms with Gasteiger partial charge >= 0.3 is 23.9 Å². The molecule has 0 saturated carbocycles. The highest BCUT2D eigenvalue weighted by Gasteiger charge is 2.42. The van der Waals surface area contributed by atoms with E-state index in [0.717, 1.165) is 5.56 Å². The molecule has 14 heteroatoms. The number of halogens is 1. The molecule has 2 aromatic heterocycles. The second-order valence-electron chi connectivity index (χ2n) is 10.6. The molecule has 0 bridgehead atoms. The third-order valence-corrected chi connectivity index (χ3v) is 7.14. The lowest BCUT2D eigenvalue weighted by Crippen LogP contribution is -2.47. The second kappa shape index (κ2) is 15.3. The zero-order chi connectivity index (χ0) is 33.4. The number of carbonyl (C=O) groups excluding carboxylic acids is 5. The number of cyclic esters (lactones) is 2. The number of benzene rings is 1. The van der Waals surface area contributed by atoms with Crippen LogP contribution in [0.5, 0.6) is 11.5 Å². The van der Waals surface area contributed by atoms with Crippen molar-refractivity contribution in [3.8, 4) is 11.5 Å². The van der Waals surface area contributed by atoms with Crippen LogP contribution in [-0.2, 0) is 35.0 Å². The summed E-state index contributed by atoms with van der Waals surface area (Å²) >= 11 is 5.88. The Balaban J connectivity index is 1.59. The summed E-state index contributed by atoms with van der Waals surface area (Å²) in [4.78, 5) is 73.6. The molecule has 1 aliphatic heterocycles. The van der Waals surface area contributed by atoms with Gasteiger partial charge in [-0.1, -0.05) is 55.8 Å². The predicted molar refractivity (Wildman–Crippen MR) is 161 cm³/mol. The summed E-state index contributed by atoms with van der Waals surface area (Å²) in [7, 11) is 1.29. The van der Waals surface area contributed by atoms with Crippen molar-refractivity contribution >= 4 is 41.4 Å². The summed E-state index contributed by atoms with van der Waals surface area (Å²) in [5.41, 5.74) is 0.388. The van der Waals surface area contributed by atoms with Crippen LogP contribution in [0.2, 0.25) is 5.15 Å². The third kappa shape index (κ3) is 8.36. The number of nitrogens with one attached hydrogen (secondary N) is 1. The van der Waals surface area contributed by atoms with E-state index < -0.39 is 72.2 Å². The van der Waals surface area contributed by atoms with E-state index in [1.54, 1.807) is 38.1 Å². The normalized spacial score (nSPS) is 19.9. The Labute approximate surface area is 269 Å². The number of esters is 4. The van der Waals surface area contributed by atoms with Crippen LogP contribution >= 0.6 is 11.6 Å². The number of aromatic nitrogens is 2. The highest BCUT2D eigenvalue weighted by Crippen LogP contribution is 2.31. The standard InChI is InChI=1S/C32H32ClN3O10/c1-17(2)29(38)45-26-18(3)44-32(41)22(16-43-31(40)21(26)14-19-8-6-5-7-9-19)36-28(37)25-27(23(42-4)11-13-35-25)46-30(39)20-10-12-34-24(33)15-20/h5-13,15,17-18,21-22,26H,14,16H2,1-4H3,(H,36,37)/t18-,21+,22?,26?/m0/s1. The maximum absolute atomic E-state index is 13.5. The van der Waals surface area contributed by atoms with Crippen molar-refractivity contribution in [2.24, 2.45) is 11.8 Å². The molecular formula is C32H32ClN3O10. The summed E-state index contributed by atoms with van der Waals surface area (Å²) in [5, 5.41) is 2.48. The first-order valence-electron chi connectivity index (χ1n) is 14.3. The fourth-order valence-electron chi connectivity index (χ4n) is 4.51. The van der Waals surface area contributed by atoms with Gasteiger partial charge in [0.05, 0.1) is 18.6 Å². The summed E-state index contributed by atoms with van der Waals surface area (Å²) in [6, 6.07) is 11.5. The molecule has 4 atom stereocenters. The minimum atomic E-state index is -1.51. The van der Waals surface area contributed by atoms with E-state index in [0.29, 0.717) is 0 Å². The van der Waals surface area contributed by atoms with Crippen LogP contribution in [-0.4, -0.2) is 71.7 Å². The monoisotopic (exact) mass is 653 g/mol. The number of methoxy groups -OCH3 is 1. The maximum Gasteiger partial charge on any atom is 0.343 e. The molecule has 0 spiro atoms. The highest BCUT2D eigenvalue weighted by atomic mass is 35.5. The predicted octanol–water partition coefficient (Wildman–Crippen LogP) is 3.37. The Bertz CT molecular complexity index is 1600. The van der Waals surface area contributed by atoms with Gasteiger partial charge in [-0.3, -0.25) is 14.4 Å². The van der Waals surface area contributed by atoms with Crippen molar-refractivity contribution in [1.29, 1.82) is 0 Å². The first kappa shape index (κ1) is 33.8. The Hall–Kier alpha value is -5.04. The fraction of sp³-hybridized carbons (Fsp3) is 0.344. The lowest BCUT2D eigenvalue weighted by Gasteiger charge is -2.29. The second-order valence-corrected chi connectivity index (χ2v) is 11.0. The third-order valence-electron chi connectivity index (χ3n) is 6.93. The molecule has 46 heavy (non-hydrogen) atoms. The molecule has 3 aromatic rings. The molecule has 1 fully saturated rings. The molecule has 4 rings (SSSR count). The van der Waals surface area contributed by atoms with E-state index in [1.807, 2.05) is 6.07 Å². The fourth-order valence-corrected chi connectivity index (χ4v) is 4.68. The number of rotatable bonds is 9. The zero-order valence-corrected chi connectivity index (χ0v) is 26.2. The van der Waals surface area contributed by atoms with Crippen LogP contribution in [0.1, 0.15) is 47.2 Å². The minimum Gasteiger partial charge on any atom is -0.493 e. The van der Waals surface area contributed by atoms with Gasteiger partial charge in [-0.25, -0.2) is 19.6 Å². The van der Waals surface area contributed by atoms with E-state index in [2.05, 4.69) is 15.3 Å². The maximum atomic E-state index is 13.5. The number of amides is 1. The molecule has 0 aliphatic carbocycles. The average Bonchev–Trinajstić information content (AvgIpc) is 3.07. The van der Waals surface area contributed by atoms with Gasteiger partial charge < -0.3 is 29.0 Å². The molecule has 242 valence electrons. The summed E-state index contributed by atoms with van der Waals surface area (Å²) in [6.07, 6.45) is 0.373. The molecule has 1 saturated heterocycles. The number of ether oxygens (including phenoxy) is 5. The molecular weight excluding hydrogens is 622 g/mol. The largest absolute Gasteiger partial charge is 0.493 e.